The Kier molecular flexibility index (Phi) is 4.88. The van der Waals surface area contributed by atoms with E-state index in [1.54, 1.807) is 35.6 Å². The van der Waals surface area contributed by atoms with Crippen LogP contribution in [0.15, 0.2) is 48.5 Å². The molecule has 0 aliphatic rings. The highest BCUT2D eigenvalue weighted by Gasteiger charge is 2.07. The molecule has 1 aromatic heterocycles. The molecule has 23 heavy (non-hydrogen) atoms. The number of benzene rings is 2. The molecule has 0 saturated heterocycles. The number of unbranched alkanes of at least 4 members (excludes halogenated alkanes) is 1. The average molecular weight is 326 g/mol. The highest BCUT2D eigenvalue weighted by molar-refractivity contribution is 7.18. The van der Waals surface area contributed by atoms with Crippen molar-refractivity contribution >= 4 is 33.1 Å². The van der Waals surface area contributed by atoms with E-state index in [4.69, 9.17) is 0 Å². The lowest BCUT2D eigenvalue weighted by molar-refractivity contribution is -0.116. The molecule has 5 heteroatoms. The van der Waals surface area contributed by atoms with Gasteiger partial charge in [0, 0.05) is 6.42 Å². The molecule has 1 heterocycles. The summed E-state index contributed by atoms with van der Waals surface area (Å²) < 4.78 is 1.21. The Morgan fingerprint density at radius 1 is 1.09 bits per heavy atom. The van der Waals surface area contributed by atoms with E-state index in [9.17, 15) is 9.90 Å². The third kappa shape index (κ3) is 4.07. The largest absolute Gasteiger partial charge is 0.506 e. The zero-order chi connectivity index (χ0) is 16.1. The molecular weight excluding hydrogens is 308 g/mol. The number of hydrogen-bond donors (Lipinski definition) is 2. The van der Waals surface area contributed by atoms with Gasteiger partial charge >= 0.3 is 0 Å². The van der Waals surface area contributed by atoms with E-state index in [0.29, 0.717) is 12.1 Å². The quantitative estimate of drug-likeness (QED) is 0.523. The van der Waals surface area contributed by atoms with E-state index >= 15 is 0 Å². The summed E-state index contributed by atoms with van der Waals surface area (Å²) in [6, 6.07) is 14.9. The molecule has 118 valence electrons. The molecule has 0 bridgehead atoms. The number of fused-ring (bicyclic) bond motifs is 1. The highest BCUT2D eigenvalue weighted by Crippen LogP contribution is 2.24. The number of nitrogens with one attached hydrogen (secondary N) is 1. The van der Waals surface area contributed by atoms with Gasteiger partial charge in [-0.15, -0.1) is 11.3 Å². The predicted octanol–water partition coefficient (Wildman–Crippen LogP) is 4.35. The van der Waals surface area contributed by atoms with Gasteiger partial charge in [0.2, 0.25) is 5.91 Å². The minimum absolute atomic E-state index is 0.0733. The van der Waals surface area contributed by atoms with Crippen LogP contribution in [0.1, 0.15) is 24.3 Å². The molecule has 1 amide bonds. The summed E-state index contributed by atoms with van der Waals surface area (Å²) in [7, 11) is 0. The Bertz CT molecular complexity index is 780. The first-order valence-electron chi connectivity index (χ1n) is 7.65. The van der Waals surface area contributed by atoms with Crippen molar-refractivity contribution in [3.8, 4) is 5.75 Å². The van der Waals surface area contributed by atoms with Gasteiger partial charge in [0.05, 0.1) is 20.9 Å². The Morgan fingerprint density at radius 2 is 1.87 bits per heavy atom. The number of thiazole rings is 1. The number of hydrogen-bond acceptors (Lipinski definition) is 4. The van der Waals surface area contributed by atoms with Crippen molar-refractivity contribution in [1.29, 1.82) is 0 Å². The van der Waals surface area contributed by atoms with Crippen LogP contribution < -0.4 is 5.32 Å². The fraction of sp³-hybridized carbons (Fsp3) is 0.222. The van der Waals surface area contributed by atoms with Crippen LogP contribution in [-0.4, -0.2) is 16.0 Å². The number of aromatic hydroxyl groups is 1. The van der Waals surface area contributed by atoms with E-state index < -0.39 is 0 Å². The van der Waals surface area contributed by atoms with Crippen molar-refractivity contribution in [3.05, 3.63) is 53.5 Å². The van der Waals surface area contributed by atoms with Gasteiger partial charge in [-0.2, -0.15) is 0 Å². The van der Waals surface area contributed by atoms with Crippen molar-refractivity contribution in [2.24, 2.45) is 0 Å². The third-order valence-corrected chi connectivity index (χ3v) is 4.66. The minimum Gasteiger partial charge on any atom is -0.506 e. The van der Waals surface area contributed by atoms with Crippen LogP contribution in [0.5, 0.6) is 5.75 Å². The molecule has 3 rings (SSSR count). The first-order chi connectivity index (χ1) is 11.2. The molecule has 0 fully saturated rings. The molecule has 2 N–H and O–H groups in total. The van der Waals surface area contributed by atoms with Crippen molar-refractivity contribution in [3.63, 3.8) is 0 Å². The molecule has 0 radical (unpaired) electrons. The number of carbonyl (C=O) groups is 1. The lowest BCUT2D eigenvalue weighted by Gasteiger charge is -2.06. The monoisotopic (exact) mass is 326 g/mol. The molecule has 0 aliphatic heterocycles. The van der Waals surface area contributed by atoms with Crippen molar-refractivity contribution in [2.75, 3.05) is 5.32 Å². The van der Waals surface area contributed by atoms with E-state index in [2.05, 4.69) is 16.4 Å². The zero-order valence-corrected chi connectivity index (χ0v) is 13.5. The Morgan fingerprint density at radius 3 is 2.70 bits per heavy atom. The molecule has 4 nitrogen and oxygen atoms in total. The number of aryl methyl sites for hydroxylation is 1. The number of carbonyl (C=O) groups excluding carboxylic acids is 1. The maximum Gasteiger partial charge on any atom is 0.224 e. The number of nitrogens with zero attached hydrogens (tertiary/aromatic N) is 1. The number of para-hydroxylation sites is 3. The molecule has 0 atom stereocenters. The molecule has 2 aromatic carbocycles. The fourth-order valence-electron chi connectivity index (χ4n) is 2.38. The summed E-state index contributed by atoms with van der Waals surface area (Å²) in [6.45, 7) is 0. The second-order valence-corrected chi connectivity index (χ2v) is 6.46. The van der Waals surface area contributed by atoms with Crippen LogP contribution >= 0.6 is 11.3 Å². The highest BCUT2D eigenvalue weighted by atomic mass is 32.1. The lowest BCUT2D eigenvalue weighted by atomic mass is 10.2. The first kappa shape index (κ1) is 15.5. The van der Waals surface area contributed by atoms with Crippen LogP contribution in [0.3, 0.4) is 0 Å². The fourth-order valence-corrected chi connectivity index (χ4v) is 3.39. The topological polar surface area (TPSA) is 62.2 Å². The SMILES string of the molecule is O=C(CCCCc1nc2ccccc2s1)Nc1ccccc1O. The van der Waals surface area contributed by atoms with Gasteiger partial charge in [-0.05, 0) is 43.5 Å². The van der Waals surface area contributed by atoms with Crippen molar-refractivity contribution < 1.29 is 9.90 Å². The van der Waals surface area contributed by atoms with E-state index in [1.807, 2.05) is 18.2 Å². The normalized spacial score (nSPS) is 10.8. The minimum atomic E-state index is -0.0733. The van der Waals surface area contributed by atoms with Crippen LogP contribution in [-0.2, 0) is 11.2 Å². The van der Waals surface area contributed by atoms with E-state index in [1.165, 1.54) is 4.70 Å². The van der Waals surface area contributed by atoms with Gasteiger partial charge < -0.3 is 10.4 Å². The number of phenolic OH excluding ortho intramolecular Hbond substituents is 1. The molecule has 0 unspecified atom stereocenters. The lowest BCUT2D eigenvalue weighted by Crippen LogP contribution is -2.11. The van der Waals surface area contributed by atoms with Crippen LogP contribution in [0.25, 0.3) is 10.2 Å². The number of anilines is 1. The van der Waals surface area contributed by atoms with Gasteiger partial charge in [-0.1, -0.05) is 24.3 Å². The van der Waals surface area contributed by atoms with E-state index in [-0.39, 0.29) is 11.7 Å². The molecule has 3 aromatic rings. The van der Waals surface area contributed by atoms with Gasteiger partial charge in [-0.25, -0.2) is 4.98 Å². The summed E-state index contributed by atoms with van der Waals surface area (Å²) in [5.41, 5.74) is 1.51. The molecule has 0 saturated carbocycles. The van der Waals surface area contributed by atoms with Crippen molar-refractivity contribution in [1.82, 2.24) is 4.98 Å². The summed E-state index contributed by atoms with van der Waals surface area (Å²) >= 11 is 1.72. The van der Waals surface area contributed by atoms with Crippen LogP contribution in [0, 0.1) is 0 Å². The number of aromatic nitrogens is 1. The number of phenols is 1. The summed E-state index contributed by atoms with van der Waals surface area (Å²) in [4.78, 5) is 16.5. The van der Waals surface area contributed by atoms with Crippen LogP contribution in [0.4, 0.5) is 5.69 Å². The Balaban J connectivity index is 1.44. The third-order valence-electron chi connectivity index (χ3n) is 3.56. The smallest absolute Gasteiger partial charge is 0.224 e. The Labute approximate surface area is 138 Å². The second-order valence-electron chi connectivity index (χ2n) is 5.35. The number of amides is 1. The molecule has 0 aliphatic carbocycles. The first-order valence-corrected chi connectivity index (χ1v) is 8.46. The Hall–Kier alpha value is -2.40. The van der Waals surface area contributed by atoms with E-state index in [0.717, 1.165) is 29.8 Å². The second kappa shape index (κ2) is 7.24. The summed E-state index contributed by atoms with van der Waals surface area (Å²) in [5, 5.41) is 13.5. The molecular formula is C18H18N2O2S. The maximum atomic E-state index is 11.9. The van der Waals surface area contributed by atoms with Crippen molar-refractivity contribution in [2.45, 2.75) is 25.7 Å². The predicted molar refractivity (Wildman–Crippen MR) is 93.9 cm³/mol. The van der Waals surface area contributed by atoms with Crippen LogP contribution in [0.2, 0.25) is 0 Å². The van der Waals surface area contributed by atoms with Gasteiger partial charge in [0.15, 0.2) is 0 Å². The standard InChI is InChI=1S/C18H18N2O2S/c21-15-9-3-1-7-13(15)19-17(22)11-5-6-12-18-20-14-8-2-4-10-16(14)23-18/h1-4,7-10,21H,5-6,11-12H2,(H,19,22). The van der Waals surface area contributed by atoms with Gasteiger partial charge in [-0.3, -0.25) is 4.79 Å². The number of rotatable bonds is 6. The average Bonchev–Trinajstić information content (AvgIpc) is 2.96. The zero-order valence-electron chi connectivity index (χ0n) is 12.7. The van der Waals surface area contributed by atoms with Gasteiger partial charge in [0.25, 0.3) is 0 Å². The summed E-state index contributed by atoms with van der Waals surface area (Å²) in [5.74, 6) is 0.0196. The maximum absolute atomic E-state index is 11.9. The summed E-state index contributed by atoms with van der Waals surface area (Å²) in [6.07, 6.45) is 3.06. The van der Waals surface area contributed by atoms with Gasteiger partial charge in [0.1, 0.15) is 5.75 Å². The molecule has 0 spiro atoms.